The Morgan fingerprint density at radius 3 is 2.15 bits per heavy atom. The van der Waals surface area contributed by atoms with Crippen LogP contribution in [0.1, 0.15) is 35.7 Å². The normalized spacial score (nSPS) is 24.0. The van der Waals surface area contributed by atoms with E-state index in [2.05, 4.69) is 5.32 Å². The number of nitrogens with zero attached hydrogens (tertiary/aromatic N) is 1. The van der Waals surface area contributed by atoms with E-state index < -0.39 is 30.3 Å². The summed E-state index contributed by atoms with van der Waals surface area (Å²) in [5.74, 6) is -2.70. The number of para-hydroxylation sites is 1. The largest absolute Gasteiger partial charge is 0.452 e. The summed E-state index contributed by atoms with van der Waals surface area (Å²) in [7, 11) is 0. The van der Waals surface area contributed by atoms with Crippen molar-refractivity contribution in [1.29, 1.82) is 0 Å². The van der Waals surface area contributed by atoms with Gasteiger partial charge in [0.05, 0.1) is 33.8 Å². The summed E-state index contributed by atoms with van der Waals surface area (Å²) in [6, 6.07) is 13.3. The molecule has 0 spiro atoms. The van der Waals surface area contributed by atoms with Crippen molar-refractivity contribution < 1.29 is 23.9 Å². The summed E-state index contributed by atoms with van der Waals surface area (Å²) >= 11 is 12.4. The Labute approximate surface area is 207 Å². The third-order valence-electron chi connectivity index (χ3n) is 6.28. The van der Waals surface area contributed by atoms with Crippen LogP contribution in [0.4, 0.5) is 11.4 Å². The highest BCUT2D eigenvalue weighted by Gasteiger charge is 2.52. The minimum Gasteiger partial charge on any atom is -0.452 e. The minimum atomic E-state index is -0.687. The molecular formula is C25H24Cl2N2O5. The van der Waals surface area contributed by atoms with Gasteiger partial charge >= 0.3 is 5.97 Å². The van der Waals surface area contributed by atoms with Gasteiger partial charge in [0.25, 0.3) is 5.91 Å². The first kappa shape index (κ1) is 24.2. The topological polar surface area (TPSA) is 92.8 Å². The molecular weight excluding hydrogens is 479 g/mol. The summed E-state index contributed by atoms with van der Waals surface area (Å²) in [5, 5.41) is 2.02. The number of amides is 3. The fourth-order valence-corrected chi connectivity index (χ4v) is 5.04. The third-order valence-corrected chi connectivity index (χ3v) is 7.37. The summed E-state index contributed by atoms with van der Waals surface area (Å²) in [4.78, 5) is 51.4. The molecule has 1 aliphatic heterocycles. The standard InChI is InChI=1S/C25H24Cl2N2O5/c1-2-14-5-3-4-6-21(14)28-22(30)13-34-25(33)15-7-9-16(10-8-15)29-23(31)17-11-19(26)20(27)12-18(17)24(29)32/h3-10,17-20H,2,11-13H2,1H3,(H,28,30)/t17-,18-,19-,20+/m1/s1. The van der Waals surface area contributed by atoms with Gasteiger partial charge in [-0.3, -0.25) is 19.3 Å². The molecule has 0 bridgehead atoms. The Morgan fingerprint density at radius 1 is 0.971 bits per heavy atom. The maximum Gasteiger partial charge on any atom is 0.338 e. The molecule has 3 amide bonds. The second kappa shape index (κ2) is 10.2. The molecule has 1 saturated heterocycles. The number of benzene rings is 2. The van der Waals surface area contributed by atoms with Gasteiger partial charge in [-0.2, -0.15) is 0 Å². The van der Waals surface area contributed by atoms with Crippen LogP contribution in [-0.2, 0) is 25.5 Å². The van der Waals surface area contributed by atoms with E-state index in [0.717, 1.165) is 16.9 Å². The number of ether oxygens (including phenoxy) is 1. The Bertz CT molecular complexity index is 1090. The van der Waals surface area contributed by atoms with E-state index in [9.17, 15) is 19.2 Å². The summed E-state index contributed by atoms with van der Waals surface area (Å²) in [5.41, 5.74) is 2.22. The van der Waals surface area contributed by atoms with Crippen molar-refractivity contribution >= 4 is 58.3 Å². The van der Waals surface area contributed by atoms with E-state index in [-0.39, 0.29) is 28.1 Å². The van der Waals surface area contributed by atoms with E-state index in [0.29, 0.717) is 24.2 Å². The van der Waals surface area contributed by atoms with Crippen molar-refractivity contribution in [3.8, 4) is 0 Å². The molecule has 0 radical (unpaired) electrons. The number of esters is 1. The van der Waals surface area contributed by atoms with Crippen molar-refractivity contribution in [3.05, 3.63) is 59.7 Å². The maximum absolute atomic E-state index is 12.9. The maximum atomic E-state index is 12.9. The van der Waals surface area contributed by atoms with E-state index >= 15 is 0 Å². The number of rotatable bonds is 6. The Morgan fingerprint density at radius 2 is 1.56 bits per heavy atom. The SMILES string of the molecule is CCc1ccccc1NC(=O)COC(=O)c1ccc(N2C(=O)[C@@H]3C[C@@H](Cl)[C@@H](Cl)C[C@H]3C2=O)cc1. The van der Waals surface area contributed by atoms with Gasteiger partial charge in [0.1, 0.15) is 0 Å². The van der Waals surface area contributed by atoms with Gasteiger partial charge in [0, 0.05) is 5.69 Å². The number of carbonyl (C=O) groups is 4. The highest BCUT2D eigenvalue weighted by molar-refractivity contribution is 6.31. The Balaban J connectivity index is 1.37. The van der Waals surface area contributed by atoms with Crippen molar-refractivity contribution in [1.82, 2.24) is 0 Å². The van der Waals surface area contributed by atoms with Gasteiger partial charge in [-0.15, -0.1) is 23.2 Å². The molecule has 34 heavy (non-hydrogen) atoms. The predicted octanol–water partition coefficient (Wildman–Crippen LogP) is 4.16. The molecule has 2 aromatic carbocycles. The van der Waals surface area contributed by atoms with Crippen LogP contribution in [0.3, 0.4) is 0 Å². The monoisotopic (exact) mass is 502 g/mol. The average molecular weight is 503 g/mol. The lowest BCUT2D eigenvalue weighted by molar-refractivity contribution is -0.122. The van der Waals surface area contributed by atoms with Gasteiger partial charge in [-0.25, -0.2) is 4.79 Å². The zero-order valence-corrected chi connectivity index (χ0v) is 20.0. The van der Waals surface area contributed by atoms with Crippen LogP contribution in [0, 0.1) is 11.8 Å². The molecule has 1 N–H and O–H groups in total. The first-order valence-electron chi connectivity index (χ1n) is 11.1. The molecule has 4 rings (SSSR count). The van der Waals surface area contributed by atoms with Crippen LogP contribution < -0.4 is 10.2 Å². The second-order valence-corrected chi connectivity index (χ2v) is 9.53. The van der Waals surface area contributed by atoms with Gasteiger partial charge in [-0.1, -0.05) is 25.1 Å². The lowest BCUT2D eigenvalue weighted by Gasteiger charge is -2.28. The number of aryl methyl sites for hydroxylation is 1. The van der Waals surface area contributed by atoms with Crippen molar-refractivity contribution in [2.45, 2.75) is 36.9 Å². The summed E-state index contributed by atoms with van der Waals surface area (Å²) < 4.78 is 5.12. The molecule has 0 unspecified atom stereocenters. The number of imide groups is 1. The van der Waals surface area contributed by atoms with E-state index in [1.807, 2.05) is 25.1 Å². The zero-order valence-electron chi connectivity index (χ0n) is 18.5. The van der Waals surface area contributed by atoms with Crippen LogP contribution >= 0.6 is 23.2 Å². The number of alkyl halides is 2. The van der Waals surface area contributed by atoms with E-state index in [1.54, 1.807) is 6.07 Å². The highest BCUT2D eigenvalue weighted by atomic mass is 35.5. The van der Waals surface area contributed by atoms with Crippen LogP contribution in [0.2, 0.25) is 0 Å². The van der Waals surface area contributed by atoms with E-state index in [4.69, 9.17) is 27.9 Å². The number of hydrogen-bond acceptors (Lipinski definition) is 5. The molecule has 1 heterocycles. The first-order chi connectivity index (χ1) is 16.3. The molecule has 4 atom stereocenters. The van der Waals surface area contributed by atoms with Gasteiger partial charge in [0.15, 0.2) is 6.61 Å². The Hall–Kier alpha value is -2.90. The first-order valence-corrected chi connectivity index (χ1v) is 12.0. The van der Waals surface area contributed by atoms with Crippen LogP contribution in [0.25, 0.3) is 0 Å². The number of halogens is 2. The zero-order chi connectivity index (χ0) is 24.4. The quantitative estimate of drug-likeness (QED) is 0.363. The van der Waals surface area contributed by atoms with Crippen LogP contribution in [0.15, 0.2) is 48.5 Å². The number of hydrogen-bond donors (Lipinski definition) is 1. The molecule has 2 fully saturated rings. The number of anilines is 2. The third kappa shape index (κ3) is 4.81. The minimum absolute atomic E-state index is 0.198. The summed E-state index contributed by atoms with van der Waals surface area (Å²) in [6.07, 6.45) is 1.47. The van der Waals surface area contributed by atoms with Gasteiger partial charge in [0.2, 0.25) is 11.8 Å². The molecule has 1 saturated carbocycles. The molecule has 2 aliphatic rings. The van der Waals surface area contributed by atoms with Gasteiger partial charge < -0.3 is 10.1 Å². The molecule has 9 heteroatoms. The molecule has 178 valence electrons. The average Bonchev–Trinajstić information content (AvgIpc) is 3.07. The van der Waals surface area contributed by atoms with Crippen molar-refractivity contribution in [2.75, 3.05) is 16.8 Å². The molecule has 2 aromatic rings. The second-order valence-electron chi connectivity index (χ2n) is 8.41. The van der Waals surface area contributed by atoms with Crippen LogP contribution in [0.5, 0.6) is 0 Å². The Kier molecular flexibility index (Phi) is 7.24. The number of carbonyl (C=O) groups excluding carboxylic acids is 4. The fraction of sp³-hybridized carbons (Fsp3) is 0.360. The predicted molar refractivity (Wildman–Crippen MR) is 129 cm³/mol. The smallest absolute Gasteiger partial charge is 0.338 e. The molecule has 7 nitrogen and oxygen atoms in total. The summed E-state index contributed by atoms with van der Waals surface area (Å²) in [6.45, 7) is 1.54. The molecule has 0 aromatic heterocycles. The number of nitrogens with one attached hydrogen (secondary N) is 1. The van der Waals surface area contributed by atoms with E-state index in [1.165, 1.54) is 24.3 Å². The molecule has 1 aliphatic carbocycles. The fourth-order valence-electron chi connectivity index (χ4n) is 4.45. The highest BCUT2D eigenvalue weighted by Crippen LogP contribution is 2.43. The van der Waals surface area contributed by atoms with Crippen molar-refractivity contribution in [2.24, 2.45) is 11.8 Å². The van der Waals surface area contributed by atoms with Gasteiger partial charge in [-0.05, 0) is 55.2 Å². The lowest BCUT2D eigenvalue weighted by atomic mass is 9.80. The number of fused-ring (bicyclic) bond motifs is 1. The van der Waals surface area contributed by atoms with Crippen molar-refractivity contribution in [3.63, 3.8) is 0 Å². The van der Waals surface area contributed by atoms with Crippen LogP contribution in [-0.4, -0.2) is 41.1 Å². The lowest BCUT2D eigenvalue weighted by Crippen LogP contribution is -2.34.